The molecule has 0 bridgehead atoms. The summed E-state index contributed by atoms with van der Waals surface area (Å²) in [5.74, 6) is -0.0357. The lowest BCUT2D eigenvalue weighted by Gasteiger charge is -2.25. The molecule has 0 aromatic carbocycles. The minimum atomic E-state index is -1.07. The summed E-state index contributed by atoms with van der Waals surface area (Å²) in [5.41, 5.74) is 13.7. The molecule has 7 rings (SSSR count). The third-order valence-electron chi connectivity index (χ3n) is 8.33. The van der Waals surface area contributed by atoms with Gasteiger partial charge in [-0.1, -0.05) is 13.8 Å². The van der Waals surface area contributed by atoms with Gasteiger partial charge in [0.2, 0.25) is 0 Å². The van der Waals surface area contributed by atoms with E-state index in [0.717, 1.165) is 25.9 Å². The van der Waals surface area contributed by atoms with Gasteiger partial charge in [0.05, 0.1) is 12.7 Å². The van der Waals surface area contributed by atoms with Crippen LogP contribution in [0.25, 0.3) is 22.3 Å². The number of ether oxygens (including phenoxy) is 4. The summed E-state index contributed by atoms with van der Waals surface area (Å²) in [6.07, 6.45) is 3.78. The number of fused-ring (bicyclic) bond motifs is 3. The number of nitrogens with two attached hydrogens (primary N) is 2. The van der Waals surface area contributed by atoms with Crippen LogP contribution in [0.4, 0.5) is 11.6 Å². The zero-order chi connectivity index (χ0) is 33.3. The zero-order valence-electron chi connectivity index (χ0n) is 26.9. The van der Waals surface area contributed by atoms with Crippen molar-refractivity contribution in [2.75, 3.05) is 37.6 Å². The normalized spacial score (nSPS) is 29.7. The predicted octanol–water partition coefficient (Wildman–Crippen LogP) is -0.147. The first-order valence-corrected chi connectivity index (χ1v) is 15.9. The van der Waals surface area contributed by atoms with E-state index in [1.165, 1.54) is 19.0 Å². The Hall–Kier alpha value is -3.62. The third-order valence-corrected chi connectivity index (χ3v) is 8.33. The Morgan fingerprint density at radius 3 is 1.81 bits per heavy atom. The molecule has 0 radical (unpaired) electrons. The summed E-state index contributed by atoms with van der Waals surface area (Å²) in [7, 11) is 0. The molecular formula is C29H44N12O6. The van der Waals surface area contributed by atoms with Crippen molar-refractivity contribution in [3.05, 3.63) is 25.3 Å². The summed E-state index contributed by atoms with van der Waals surface area (Å²) in [5, 5.41) is 27.0. The highest BCUT2D eigenvalue weighted by Crippen LogP contribution is 2.43. The highest BCUT2D eigenvalue weighted by atomic mass is 16.8. The molecule has 7 heterocycles. The van der Waals surface area contributed by atoms with Crippen molar-refractivity contribution in [3.63, 3.8) is 0 Å². The summed E-state index contributed by atoms with van der Waals surface area (Å²) in [6.45, 7) is 11.0. The van der Waals surface area contributed by atoms with Gasteiger partial charge >= 0.3 is 0 Å². The smallest absolute Gasteiger partial charge is 0.167 e. The van der Waals surface area contributed by atoms with Crippen molar-refractivity contribution < 1.29 is 29.2 Å². The molecule has 4 aromatic rings. The number of nitrogens with one attached hydrogen (secondary N) is 2. The van der Waals surface area contributed by atoms with Gasteiger partial charge in [0, 0.05) is 13.1 Å². The Morgan fingerprint density at radius 1 is 0.723 bits per heavy atom. The van der Waals surface area contributed by atoms with Gasteiger partial charge < -0.3 is 51.3 Å². The van der Waals surface area contributed by atoms with Crippen LogP contribution in [-0.4, -0.2) is 118 Å². The van der Waals surface area contributed by atoms with Crippen molar-refractivity contribution in [2.24, 2.45) is 0 Å². The second kappa shape index (κ2) is 13.9. The number of aliphatic hydroxyl groups excluding tert-OH is 2. The molecule has 4 unspecified atom stereocenters. The van der Waals surface area contributed by atoms with Gasteiger partial charge in [-0.05, 0) is 39.8 Å². The largest absolute Gasteiger partial charge is 0.387 e. The van der Waals surface area contributed by atoms with Crippen LogP contribution in [0.3, 0.4) is 0 Å². The highest BCUT2D eigenvalue weighted by Gasteiger charge is 2.56. The molecule has 8 atom stereocenters. The maximum atomic E-state index is 10.3. The van der Waals surface area contributed by atoms with E-state index < -0.39 is 30.3 Å². The highest BCUT2D eigenvalue weighted by molar-refractivity contribution is 5.81. The molecule has 47 heavy (non-hydrogen) atoms. The summed E-state index contributed by atoms with van der Waals surface area (Å²) in [4.78, 5) is 24.8. The Morgan fingerprint density at radius 2 is 1.23 bits per heavy atom. The van der Waals surface area contributed by atoms with Crippen molar-refractivity contribution >= 4 is 34.0 Å². The molecule has 0 spiro atoms. The average molecular weight is 657 g/mol. The molecule has 256 valence electrons. The van der Waals surface area contributed by atoms with E-state index in [4.69, 9.17) is 30.4 Å². The maximum Gasteiger partial charge on any atom is 0.167 e. The zero-order valence-corrected chi connectivity index (χ0v) is 26.9. The third kappa shape index (κ3) is 6.59. The van der Waals surface area contributed by atoms with Gasteiger partial charge in [0.15, 0.2) is 41.2 Å². The van der Waals surface area contributed by atoms with Crippen LogP contribution in [0.2, 0.25) is 0 Å². The van der Waals surface area contributed by atoms with Gasteiger partial charge in [-0.2, -0.15) is 0 Å². The van der Waals surface area contributed by atoms with Crippen LogP contribution in [-0.2, 0) is 18.9 Å². The van der Waals surface area contributed by atoms with Gasteiger partial charge in [-0.25, -0.2) is 29.9 Å². The monoisotopic (exact) mass is 656 g/mol. The quantitative estimate of drug-likeness (QED) is 0.122. The molecule has 0 amide bonds. The maximum absolute atomic E-state index is 10.3. The standard InChI is InChI=1S/C16H24N6O3.C13H20N6O3/c1-4-5-18-6-9-11-12(25-16(2,3)24-11)15(23-9)22-8-21-10-13(17)19-7-20-14(10)22;1-2-3-15-4-7-9(20)10(21)13(22-7)19-6-18-8-11(14)16-5-17-12(8)19/h7-9,11-12,15,18H,4-6H2,1-3H3,(H2,17,19,20);5-7,9-10,13,15,20-21H,2-4H2,1H3,(H2,14,16,17)/t9?,11-,12?,15-;7?,9-,10?,13-/m11/s1. The summed E-state index contributed by atoms with van der Waals surface area (Å²) in [6, 6.07) is 0. The minimum absolute atomic E-state index is 0.111. The van der Waals surface area contributed by atoms with E-state index in [1.807, 2.05) is 18.4 Å². The van der Waals surface area contributed by atoms with Crippen LogP contribution in [0.5, 0.6) is 0 Å². The van der Waals surface area contributed by atoms with Crippen molar-refractivity contribution in [3.8, 4) is 0 Å². The number of aromatic nitrogens is 8. The lowest BCUT2D eigenvalue weighted by atomic mass is 10.1. The lowest BCUT2D eigenvalue weighted by Crippen LogP contribution is -2.37. The first-order valence-electron chi connectivity index (χ1n) is 15.9. The number of rotatable bonds is 10. The molecule has 3 fully saturated rings. The molecule has 3 aliphatic heterocycles. The fourth-order valence-corrected chi connectivity index (χ4v) is 6.13. The Balaban J connectivity index is 0.000000166. The molecule has 4 aromatic heterocycles. The number of imidazole rings is 2. The van der Waals surface area contributed by atoms with E-state index in [0.29, 0.717) is 41.2 Å². The molecule has 18 nitrogen and oxygen atoms in total. The molecule has 0 saturated carbocycles. The topological polar surface area (TPSA) is 241 Å². The molecule has 18 heteroatoms. The Bertz CT molecular complexity index is 1650. The summed E-state index contributed by atoms with van der Waals surface area (Å²) < 4.78 is 27.7. The number of hydrogen-bond acceptors (Lipinski definition) is 16. The lowest BCUT2D eigenvalue weighted by molar-refractivity contribution is -0.195. The number of anilines is 2. The number of hydrogen-bond donors (Lipinski definition) is 6. The fourth-order valence-electron chi connectivity index (χ4n) is 6.13. The van der Waals surface area contributed by atoms with Crippen LogP contribution in [0.1, 0.15) is 53.0 Å². The first kappa shape index (κ1) is 33.3. The van der Waals surface area contributed by atoms with Gasteiger partial charge in [0.1, 0.15) is 60.3 Å². The molecule has 0 aliphatic carbocycles. The SMILES string of the molecule is CCCNCC1O[C@@H](n2cnc3c(N)ncnc32)C(O)[C@@H]1O.CCCNCC1O[C@@H](n2cnc3c(N)ncnc32)C2OC(C)(C)O[C@H]12. The molecule has 3 saturated heterocycles. The Labute approximate surface area is 271 Å². The van der Waals surface area contributed by atoms with Crippen molar-refractivity contribution in [2.45, 2.75) is 95.4 Å². The summed E-state index contributed by atoms with van der Waals surface area (Å²) >= 11 is 0. The molecular weight excluding hydrogens is 612 g/mol. The van der Waals surface area contributed by atoms with Crippen LogP contribution in [0.15, 0.2) is 25.3 Å². The van der Waals surface area contributed by atoms with Gasteiger partial charge in [-0.15, -0.1) is 0 Å². The fraction of sp³-hybridized carbons (Fsp3) is 0.655. The number of nitrogens with zero attached hydrogens (tertiary/aromatic N) is 8. The van der Waals surface area contributed by atoms with E-state index in [2.05, 4.69) is 54.4 Å². The van der Waals surface area contributed by atoms with Crippen molar-refractivity contribution in [1.29, 1.82) is 0 Å². The van der Waals surface area contributed by atoms with Crippen LogP contribution in [0, 0.1) is 0 Å². The molecule has 8 N–H and O–H groups in total. The number of aliphatic hydroxyl groups is 2. The first-order chi connectivity index (χ1) is 22.6. The van der Waals surface area contributed by atoms with E-state index >= 15 is 0 Å². The van der Waals surface area contributed by atoms with Crippen molar-refractivity contribution in [1.82, 2.24) is 49.7 Å². The second-order valence-electron chi connectivity index (χ2n) is 12.3. The minimum Gasteiger partial charge on any atom is -0.387 e. The van der Waals surface area contributed by atoms with E-state index in [1.54, 1.807) is 10.9 Å². The van der Waals surface area contributed by atoms with Crippen LogP contribution < -0.4 is 22.1 Å². The molecule has 3 aliphatic rings. The Kier molecular flexibility index (Phi) is 9.81. The van der Waals surface area contributed by atoms with Gasteiger partial charge in [0.25, 0.3) is 0 Å². The predicted molar refractivity (Wildman–Crippen MR) is 169 cm³/mol. The van der Waals surface area contributed by atoms with Gasteiger partial charge in [-0.3, -0.25) is 9.13 Å². The number of nitrogen functional groups attached to an aromatic ring is 2. The van der Waals surface area contributed by atoms with E-state index in [-0.39, 0.29) is 30.4 Å². The van der Waals surface area contributed by atoms with E-state index in [9.17, 15) is 10.2 Å². The average Bonchev–Trinajstić information content (AvgIpc) is 3.85. The van der Waals surface area contributed by atoms with Crippen LogP contribution >= 0.6 is 0 Å². The second-order valence-corrected chi connectivity index (χ2v) is 12.3.